The number of hydrogen-bond acceptors (Lipinski definition) is 8. The minimum absolute atomic E-state index is 0.0312. The van der Waals surface area contributed by atoms with Crippen molar-refractivity contribution >= 4 is 97.2 Å². The number of aromatic nitrogens is 5. The second-order valence-electron chi connectivity index (χ2n) is 15.5. The van der Waals surface area contributed by atoms with Crippen molar-refractivity contribution in [1.29, 1.82) is 0 Å². The number of halogens is 3. The summed E-state index contributed by atoms with van der Waals surface area (Å²) in [6, 6.07) is 12.3. The topological polar surface area (TPSA) is 163 Å². The fourth-order valence-corrected chi connectivity index (χ4v) is 12.6. The highest BCUT2D eigenvalue weighted by Crippen LogP contribution is 2.39. The lowest BCUT2D eigenvalue weighted by atomic mass is 10.00. The van der Waals surface area contributed by atoms with Crippen LogP contribution in [0.2, 0.25) is 5.02 Å². The SMILES string of the molecule is C=Ic1c(-c2cn(CCNC(=O)Nc3ccc(C)nc3)nc2C)ccc(-c2cnc(C(=O)Nc3ccc(C(=O)N4CCN(C(=O)C(CC)CCN(C)C)CC4)c(Cl)c3)n2C)c1I=C. The maximum atomic E-state index is 13.7. The average Bonchev–Trinajstić information content (AvgIpc) is 3.84. The Kier molecular flexibility index (Phi) is 16.4. The van der Waals surface area contributed by atoms with Crippen LogP contribution >= 0.6 is 53.1 Å². The minimum Gasteiger partial charge on any atom is -0.339 e. The molecular weight excluding hydrogens is 1050 g/mol. The molecule has 5 aromatic rings. The Bertz CT molecular complexity index is 2510. The summed E-state index contributed by atoms with van der Waals surface area (Å²) in [5.74, 6) is -0.317. The highest BCUT2D eigenvalue weighted by atomic mass is 127. The van der Waals surface area contributed by atoms with Gasteiger partial charge < -0.3 is 35.2 Å². The van der Waals surface area contributed by atoms with Gasteiger partial charge in [0.05, 0.1) is 46.6 Å². The minimum atomic E-state index is -0.664. The summed E-state index contributed by atoms with van der Waals surface area (Å²) in [6.45, 7) is 9.40. The van der Waals surface area contributed by atoms with Crippen molar-refractivity contribution < 1.29 is 19.2 Å². The second-order valence-corrected chi connectivity index (χ2v) is 19.6. The molecule has 1 saturated heterocycles. The van der Waals surface area contributed by atoms with Gasteiger partial charge in [-0.15, -0.1) is 0 Å². The number of pyridine rings is 1. The number of carbonyl (C=O) groups is 4. The van der Waals surface area contributed by atoms with Gasteiger partial charge >= 0.3 is 6.03 Å². The van der Waals surface area contributed by atoms with E-state index in [4.69, 9.17) is 16.7 Å². The fourth-order valence-electron chi connectivity index (χ4n) is 7.41. The van der Waals surface area contributed by atoms with Gasteiger partial charge in [-0.3, -0.25) is 24.0 Å². The molecule has 1 aliphatic rings. The first-order valence-corrected chi connectivity index (χ1v) is 26.1. The number of benzene rings is 2. The Balaban J connectivity index is 1.09. The highest BCUT2D eigenvalue weighted by Gasteiger charge is 2.29. The van der Waals surface area contributed by atoms with E-state index in [9.17, 15) is 19.2 Å². The molecule has 0 spiro atoms. The second kappa shape index (κ2) is 21.7. The molecule has 1 fully saturated rings. The molecule has 0 radical (unpaired) electrons. The van der Waals surface area contributed by atoms with Crippen molar-refractivity contribution in [3.8, 4) is 22.4 Å². The Hall–Kier alpha value is -4.86. The highest BCUT2D eigenvalue weighted by molar-refractivity contribution is 14.2. The van der Waals surface area contributed by atoms with Crippen LogP contribution in [0.15, 0.2) is 61.1 Å². The molecular formula is C45H54ClI2N11O4. The molecule has 1 atom stereocenters. The van der Waals surface area contributed by atoms with E-state index in [0.717, 1.165) is 56.7 Å². The molecule has 6 rings (SSSR count). The summed E-state index contributed by atoms with van der Waals surface area (Å²) in [6.07, 6.45) is 6.92. The molecule has 1 unspecified atom stereocenters. The summed E-state index contributed by atoms with van der Waals surface area (Å²) >= 11 is 5.36. The zero-order valence-corrected chi connectivity index (χ0v) is 41.5. The van der Waals surface area contributed by atoms with Crippen LogP contribution in [-0.2, 0) is 18.4 Å². The Labute approximate surface area is 393 Å². The standard InChI is InChI=1S/C45H54ClI2N11O4/c1-9-30(16-18-55(6)7)43(61)57-20-22-58(23-21-57)44(62)34-13-12-31(24-37(34)46)52-42(60)41-51-26-38(56(41)8)35-15-14-33(39(47-4)40(35)48-5)36-27-59(54-29(36)3)19-17-49-45(63)53-32-11-10-28(2)50-25-32/h10-15,24-27,30H,4-5,9,16-23H2,1-3,6-8H3,(H,52,60)(H2,49,53,63). The molecule has 0 bridgehead atoms. The maximum absolute atomic E-state index is 13.7. The van der Waals surface area contributed by atoms with Crippen LogP contribution in [0.4, 0.5) is 16.2 Å². The van der Waals surface area contributed by atoms with E-state index in [1.807, 2.05) is 63.8 Å². The number of imidazole rings is 1. The third-order valence-electron chi connectivity index (χ3n) is 11.0. The Morgan fingerprint density at radius 1 is 0.873 bits per heavy atom. The van der Waals surface area contributed by atoms with Gasteiger partial charge in [-0.2, -0.15) is 5.10 Å². The van der Waals surface area contributed by atoms with E-state index in [0.29, 0.717) is 56.2 Å². The number of aryl methyl sites for hydroxylation is 2. The molecule has 4 heterocycles. The Morgan fingerprint density at radius 2 is 1.56 bits per heavy atom. The van der Waals surface area contributed by atoms with Crippen LogP contribution in [0.1, 0.15) is 52.1 Å². The molecule has 3 N–H and O–H groups in total. The Morgan fingerprint density at radius 3 is 2.21 bits per heavy atom. The lowest BCUT2D eigenvalue weighted by molar-refractivity contribution is -0.137. The van der Waals surface area contributed by atoms with Crippen molar-refractivity contribution in [3.05, 3.63) is 96.0 Å². The van der Waals surface area contributed by atoms with Gasteiger partial charge in [0.2, 0.25) is 5.91 Å². The molecule has 5 amide bonds. The average molecular weight is 1100 g/mol. The quantitative estimate of drug-likeness (QED) is 0.0883. The maximum Gasteiger partial charge on any atom is 0.319 e. The molecule has 3 aromatic heterocycles. The summed E-state index contributed by atoms with van der Waals surface area (Å²) in [7, 11) is 5.82. The lowest BCUT2D eigenvalue weighted by Gasteiger charge is -2.36. The first kappa shape index (κ1) is 47.6. The summed E-state index contributed by atoms with van der Waals surface area (Å²) < 4.78 is 14.7. The van der Waals surface area contributed by atoms with Gasteiger partial charge in [-0.1, -0.05) is 81.1 Å². The van der Waals surface area contributed by atoms with Crippen molar-refractivity contribution in [2.24, 2.45) is 13.0 Å². The fraction of sp³-hybridized carbons (Fsp3) is 0.356. The van der Waals surface area contributed by atoms with E-state index in [1.54, 1.807) is 46.1 Å². The first-order valence-electron chi connectivity index (χ1n) is 20.5. The van der Waals surface area contributed by atoms with E-state index in [2.05, 4.69) is 52.0 Å². The van der Waals surface area contributed by atoms with Gasteiger partial charge in [-0.05, 0) is 83.2 Å². The monoisotopic (exact) mass is 1100 g/mol. The van der Waals surface area contributed by atoms with Gasteiger partial charge in [0.1, 0.15) is 0 Å². The van der Waals surface area contributed by atoms with Crippen LogP contribution in [0, 0.1) is 26.9 Å². The molecule has 0 aliphatic carbocycles. The number of piperazine rings is 1. The third kappa shape index (κ3) is 11.5. The van der Waals surface area contributed by atoms with E-state index < -0.39 is 47.4 Å². The first-order chi connectivity index (χ1) is 30.2. The van der Waals surface area contributed by atoms with Crippen molar-refractivity contribution in [2.45, 2.75) is 40.2 Å². The molecule has 63 heavy (non-hydrogen) atoms. The number of nitrogens with one attached hydrogen (secondary N) is 3. The predicted octanol–water partition coefficient (Wildman–Crippen LogP) is 7.10. The van der Waals surface area contributed by atoms with E-state index in [1.165, 1.54) is 3.57 Å². The van der Waals surface area contributed by atoms with Crippen molar-refractivity contribution in [2.75, 3.05) is 64.0 Å². The molecule has 2 aromatic carbocycles. The van der Waals surface area contributed by atoms with Crippen LogP contribution in [0.3, 0.4) is 0 Å². The van der Waals surface area contributed by atoms with Crippen LogP contribution in [-0.4, -0.2) is 125 Å². The van der Waals surface area contributed by atoms with Gasteiger partial charge in [-0.25, -0.2) is 9.78 Å². The number of hydrogen-bond donors (Lipinski definition) is 3. The molecule has 15 nitrogen and oxygen atoms in total. The normalized spacial score (nSPS) is 13.3. The van der Waals surface area contributed by atoms with Gasteiger partial charge in [0, 0.05) is 81.5 Å². The van der Waals surface area contributed by atoms with Crippen molar-refractivity contribution in [3.63, 3.8) is 0 Å². The number of rotatable bonds is 16. The van der Waals surface area contributed by atoms with E-state index in [-0.39, 0.29) is 34.6 Å². The zero-order valence-electron chi connectivity index (χ0n) is 36.5. The summed E-state index contributed by atoms with van der Waals surface area (Å²) in [5.41, 5.74) is 6.92. The molecule has 0 saturated carbocycles. The summed E-state index contributed by atoms with van der Waals surface area (Å²) in [5, 5.41) is 13.5. The number of anilines is 2. The van der Waals surface area contributed by atoms with E-state index >= 15 is 0 Å². The van der Waals surface area contributed by atoms with Gasteiger partial charge in [0.15, 0.2) is 5.82 Å². The lowest BCUT2D eigenvalue weighted by Crippen LogP contribution is -2.52. The summed E-state index contributed by atoms with van der Waals surface area (Å²) in [4.78, 5) is 67.2. The largest absolute Gasteiger partial charge is 0.339 e. The number of urea groups is 1. The molecule has 1 aliphatic heterocycles. The van der Waals surface area contributed by atoms with Crippen LogP contribution in [0.25, 0.3) is 22.4 Å². The number of amides is 5. The van der Waals surface area contributed by atoms with Gasteiger partial charge in [0.25, 0.3) is 11.8 Å². The zero-order chi connectivity index (χ0) is 45.4. The van der Waals surface area contributed by atoms with Crippen molar-refractivity contribution in [1.82, 2.24) is 44.3 Å². The smallest absolute Gasteiger partial charge is 0.319 e. The third-order valence-corrected chi connectivity index (χ3v) is 16.1. The van der Waals surface area contributed by atoms with Crippen LogP contribution < -0.4 is 16.0 Å². The molecule has 334 valence electrons. The predicted molar refractivity (Wildman–Crippen MR) is 269 cm³/mol. The molecule has 18 heteroatoms. The number of carbonyl (C=O) groups excluding carboxylic acids is 4. The van der Waals surface area contributed by atoms with Crippen LogP contribution in [0.5, 0.6) is 0 Å². The number of nitrogens with zero attached hydrogens (tertiary/aromatic N) is 8.